The average molecular weight is 339 g/mol. The summed E-state index contributed by atoms with van der Waals surface area (Å²) in [7, 11) is 0. The van der Waals surface area contributed by atoms with E-state index in [4.69, 9.17) is 4.74 Å². The Bertz CT molecular complexity index is 631. The van der Waals surface area contributed by atoms with E-state index in [1.165, 1.54) is 0 Å². The standard InChI is InChI=1S/C21H25NO3/c1-3-10-16(2)22-19(23)15-25-21(24)20(17-11-6-4-7-12-17)18-13-8-5-9-14-18/h4-9,11-14,16,20H,3,10,15H2,1-2H3,(H,22,23)/t16-/m0/s1. The fraction of sp³-hybridized carbons (Fsp3) is 0.333. The van der Waals surface area contributed by atoms with Gasteiger partial charge in [0.15, 0.2) is 6.61 Å². The van der Waals surface area contributed by atoms with Crippen molar-refractivity contribution < 1.29 is 14.3 Å². The summed E-state index contributed by atoms with van der Waals surface area (Å²) in [5.74, 6) is -1.23. The number of benzene rings is 2. The van der Waals surface area contributed by atoms with E-state index in [9.17, 15) is 9.59 Å². The van der Waals surface area contributed by atoms with Gasteiger partial charge >= 0.3 is 5.97 Å². The third-order valence-corrected chi connectivity index (χ3v) is 3.98. The maximum absolute atomic E-state index is 12.7. The zero-order valence-electron chi connectivity index (χ0n) is 14.8. The number of amides is 1. The van der Waals surface area contributed by atoms with E-state index in [0.717, 1.165) is 24.0 Å². The summed E-state index contributed by atoms with van der Waals surface area (Å²) in [4.78, 5) is 24.6. The molecule has 1 amide bonds. The summed E-state index contributed by atoms with van der Waals surface area (Å²) in [5.41, 5.74) is 1.69. The third kappa shape index (κ3) is 5.75. The lowest BCUT2D eigenvalue weighted by molar-refractivity contribution is -0.149. The number of nitrogens with one attached hydrogen (secondary N) is 1. The molecular weight excluding hydrogens is 314 g/mol. The molecule has 2 aromatic rings. The molecule has 1 atom stereocenters. The van der Waals surface area contributed by atoms with Crippen LogP contribution in [0.2, 0.25) is 0 Å². The quantitative estimate of drug-likeness (QED) is 0.747. The lowest BCUT2D eigenvalue weighted by Gasteiger charge is -2.18. The Morgan fingerprint density at radius 2 is 1.48 bits per heavy atom. The highest BCUT2D eigenvalue weighted by atomic mass is 16.5. The van der Waals surface area contributed by atoms with Crippen LogP contribution in [-0.4, -0.2) is 24.5 Å². The van der Waals surface area contributed by atoms with Crippen LogP contribution in [0.15, 0.2) is 60.7 Å². The largest absolute Gasteiger partial charge is 0.455 e. The van der Waals surface area contributed by atoms with E-state index in [-0.39, 0.29) is 18.6 Å². The minimum absolute atomic E-state index is 0.0789. The Kier molecular flexibility index (Phi) is 7.20. The van der Waals surface area contributed by atoms with Crippen LogP contribution in [0.1, 0.15) is 43.7 Å². The number of hydrogen-bond donors (Lipinski definition) is 1. The van der Waals surface area contributed by atoms with Gasteiger partial charge in [0.05, 0.1) is 0 Å². The number of ether oxygens (including phenoxy) is 1. The van der Waals surface area contributed by atoms with E-state index in [2.05, 4.69) is 12.2 Å². The molecule has 0 aliphatic heterocycles. The lowest BCUT2D eigenvalue weighted by atomic mass is 9.91. The molecule has 0 bridgehead atoms. The van der Waals surface area contributed by atoms with Gasteiger partial charge in [0, 0.05) is 6.04 Å². The molecule has 132 valence electrons. The second kappa shape index (κ2) is 9.62. The number of rotatable bonds is 8. The Balaban J connectivity index is 2.05. The highest BCUT2D eigenvalue weighted by molar-refractivity contribution is 5.85. The van der Waals surface area contributed by atoms with Crippen molar-refractivity contribution in [1.29, 1.82) is 0 Å². The molecular formula is C21H25NO3. The maximum atomic E-state index is 12.7. The molecule has 25 heavy (non-hydrogen) atoms. The summed E-state index contributed by atoms with van der Waals surface area (Å²) in [5, 5.41) is 2.84. The molecule has 1 N–H and O–H groups in total. The number of carbonyl (C=O) groups is 2. The molecule has 0 saturated carbocycles. The Hall–Kier alpha value is -2.62. The molecule has 0 spiro atoms. The van der Waals surface area contributed by atoms with Crippen LogP contribution in [-0.2, 0) is 14.3 Å². The predicted molar refractivity (Wildman–Crippen MR) is 98.2 cm³/mol. The van der Waals surface area contributed by atoms with Gasteiger partial charge < -0.3 is 10.1 Å². The van der Waals surface area contributed by atoms with Gasteiger partial charge in [-0.2, -0.15) is 0 Å². The van der Waals surface area contributed by atoms with Crippen molar-refractivity contribution in [3.8, 4) is 0 Å². The van der Waals surface area contributed by atoms with Gasteiger partial charge in [-0.15, -0.1) is 0 Å². The van der Waals surface area contributed by atoms with Gasteiger partial charge in [-0.05, 0) is 24.5 Å². The lowest BCUT2D eigenvalue weighted by Crippen LogP contribution is -2.36. The molecule has 0 fully saturated rings. The number of hydrogen-bond acceptors (Lipinski definition) is 3. The van der Waals surface area contributed by atoms with Crippen molar-refractivity contribution in [3.63, 3.8) is 0 Å². The van der Waals surface area contributed by atoms with Gasteiger partial charge in [-0.3, -0.25) is 9.59 Å². The average Bonchev–Trinajstić information content (AvgIpc) is 2.62. The van der Waals surface area contributed by atoms with Crippen molar-refractivity contribution >= 4 is 11.9 Å². The SMILES string of the molecule is CCC[C@H](C)NC(=O)COC(=O)C(c1ccccc1)c1ccccc1. The normalized spacial score (nSPS) is 11.8. The molecule has 0 aliphatic rings. The van der Waals surface area contributed by atoms with E-state index in [1.807, 2.05) is 67.6 Å². The molecule has 0 radical (unpaired) electrons. The Labute approximate surface area is 149 Å². The first-order chi connectivity index (χ1) is 12.1. The zero-order valence-corrected chi connectivity index (χ0v) is 14.8. The molecule has 2 rings (SSSR count). The third-order valence-electron chi connectivity index (χ3n) is 3.98. The minimum Gasteiger partial charge on any atom is -0.455 e. The van der Waals surface area contributed by atoms with Crippen LogP contribution in [0.4, 0.5) is 0 Å². The number of carbonyl (C=O) groups excluding carboxylic acids is 2. The first kappa shape index (κ1) is 18.7. The van der Waals surface area contributed by atoms with Gasteiger partial charge in [0.2, 0.25) is 0 Å². The van der Waals surface area contributed by atoms with Crippen LogP contribution >= 0.6 is 0 Å². The number of esters is 1. The van der Waals surface area contributed by atoms with Crippen LogP contribution in [0, 0.1) is 0 Å². The summed E-state index contributed by atoms with van der Waals surface area (Å²) in [6, 6.07) is 19.0. The molecule has 0 aliphatic carbocycles. The Morgan fingerprint density at radius 1 is 0.960 bits per heavy atom. The van der Waals surface area contributed by atoms with Crippen molar-refractivity contribution in [1.82, 2.24) is 5.32 Å². The maximum Gasteiger partial charge on any atom is 0.318 e. The van der Waals surface area contributed by atoms with E-state index in [1.54, 1.807) is 0 Å². The summed E-state index contributed by atoms with van der Waals surface area (Å²) in [6.45, 7) is 3.75. The minimum atomic E-state index is -0.539. The first-order valence-corrected chi connectivity index (χ1v) is 8.67. The van der Waals surface area contributed by atoms with Crippen LogP contribution < -0.4 is 5.32 Å². The Morgan fingerprint density at radius 3 is 1.96 bits per heavy atom. The van der Waals surface area contributed by atoms with E-state index in [0.29, 0.717) is 0 Å². The summed E-state index contributed by atoms with van der Waals surface area (Å²) >= 11 is 0. The van der Waals surface area contributed by atoms with Crippen LogP contribution in [0.3, 0.4) is 0 Å². The highest BCUT2D eigenvalue weighted by Gasteiger charge is 2.24. The molecule has 4 heteroatoms. The van der Waals surface area contributed by atoms with Crippen LogP contribution in [0.25, 0.3) is 0 Å². The van der Waals surface area contributed by atoms with E-state index >= 15 is 0 Å². The van der Waals surface area contributed by atoms with Crippen molar-refractivity contribution in [3.05, 3.63) is 71.8 Å². The second-order valence-corrected chi connectivity index (χ2v) is 6.12. The highest BCUT2D eigenvalue weighted by Crippen LogP contribution is 2.25. The second-order valence-electron chi connectivity index (χ2n) is 6.12. The first-order valence-electron chi connectivity index (χ1n) is 8.67. The van der Waals surface area contributed by atoms with Crippen molar-refractivity contribution in [2.75, 3.05) is 6.61 Å². The topological polar surface area (TPSA) is 55.4 Å². The summed E-state index contributed by atoms with van der Waals surface area (Å²) < 4.78 is 5.30. The molecule has 0 unspecified atom stereocenters. The smallest absolute Gasteiger partial charge is 0.318 e. The van der Waals surface area contributed by atoms with Gasteiger partial charge in [0.25, 0.3) is 5.91 Å². The molecule has 0 heterocycles. The molecule has 4 nitrogen and oxygen atoms in total. The van der Waals surface area contributed by atoms with Gasteiger partial charge in [-0.25, -0.2) is 0 Å². The fourth-order valence-corrected chi connectivity index (χ4v) is 2.80. The van der Waals surface area contributed by atoms with Gasteiger partial charge in [-0.1, -0.05) is 74.0 Å². The van der Waals surface area contributed by atoms with Crippen LogP contribution in [0.5, 0.6) is 0 Å². The fourth-order valence-electron chi connectivity index (χ4n) is 2.80. The van der Waals surface area contributed by atoms with E-state index < -0.39 is 11.9 Å². The predicted octanol–water partition coefficient (Wildman–Crippen LogP) is 3.67. The summed E-state index contributed by atoms with van der Waals surface area (Å²) in [6.07, 6.45) is 1.89. The van der Waals surface area contributed by atoms with Crippen molar-refractivity contribution in [2.24, 2.45) is 0 Å². The van der Waals surface area contributed by atoms with Gasteiger partial charge in [0.1, 0.15) is 5.92 Å². The zero-order chi connectivity index (χ0) is 18.1. The molecule has 2 aromatic carbocycles. The molecule has 0 aromatic heterocycles. The van der Waals surface area contributed by atoms with Crippen molar-refractivity contribution in [2.45, 2.75) is 38.6 Å². The molecule has 0 saturated heterocycles. The monoisotopic (exact) mass is 339 g/mol.